The molecule has 19 heavy (non-hydrogen) atoms. The molecule has 1 atom stereocenters. The normalized spacial score (nSPS) is 13.2. The first-order chi connectivity index (χ1) is 9.03. The third kappa shape index (κ3) is 7.14. The van der Waals surface area contributed by atoms with Gasteiger partial charge in [0.2, 0.25) is 0 Å². The van der Waals surface area contributed by atoms with Crippen LogP contribution in [0.5, 0.6) is 0 Å². The van der Waals surface area contributed by atoms with Gasteiger partial charge >= 0.3 is 0 Å². The molecule has 0 heterocycles. The van der Waals surface area contributed by atoms with Gasteiger partial charge in [0, 0.05) is 18.7 Å². The van der Waals surface area contributed by atoms with Crippen LogP contribution in [-0.2, 0) is 4.74 Å². The quantitative estimate of drug-likeness (QED) is 0.562. The smallest absolute Gasteiger partial charge is 0.0949 e. The molecule has 0 aliphatic rings. The zero-order valence-corrected chi connectivity index (χ0v) is 12.5. The average molecular weight is 261 g/mol. The van der Waals surface area contributed by atoms with E-state index in [-0.39, 0.29) is 11.6 Å². The van der Waals surface area contributed by atoms with Crippen LogP contribution in [0, 0.1) is 0 Å². The molecule has 1 aromatic rings. The van der Waals surface area contributed by atoms with Crippen molar-refractivity contribution in [3.05, 3.63) is 48.6 Å². The Bertz CT molecular complexity index is 353. The Labute approximate surface area is 117 Å². The van der Waals surface area contributed by atoms with Crippen molar-refractivity contribution in [2.24, 2.45) is 0 Å². The summed E-state index contributed by atoms with van der Waals surface area (Å²) >= 11 is 0. The number of ether oxygens (including phenoxy) is 1. The van der Waals surface area contributed by atoms with E-state index in [2.05, 4.69) is 56.9 Å². The van der Waals surface area contributed by atoms with Crippen LogP contribution in [-0.4, -0.2) is 18.7 Å². The first-order valence-electron chi connectivity index (χ1n) is 7.05. The van der Waals surface area contributed by atoms with Gasteiger partial charge in [0.25, 0.3) is 0 Å². The van der Waals surface area contributed by atoms with Gasteiger partial charge < -0.3 is 10.1 Å². The Kier molecular flexibility index (Phi) is 6.82. The van der Waals surface area contributed by atoms with Crippen LogP contribution in [0.1, 0.15) is 45.3 Å². The first-order valence-corrected chi connectivity index (χ1v) is 7.05. The van der Waals surface area contributed by atoms with Crippen LogP contribution in [0.4, 0.5) is 0 Å². The van der Waals surface area contributed by atoms with Crippen molar-refractivity contribution in [2.75, 3.05) is 13.2 Å². The fraction of sp³-hybridized carbons (Fsp3) is 0.529. The SMILES string of the molecule is C=CCCCOC(CNC(C)(C)C)c1ccccc1. The molecule has 1 aromatic carbocycles. The molecule has 0 aliphatic carbocycles. The lowest BCUT2D eigenvalue weighted by Gasteiger charge is -2.26. The minimum absolute atomic E-state index is 0.109. The number of hydrogen-bond donors (Lipinski definition) is 1. The molecule has 106 valence electrons. The number of nitrogens with one attached hydrogen (secondary N) is 1. The standard InChI is InChI=1S/C17H27NO/c1-5-6-10-13-19-16(14-18-17(2,3)4)15-11-8-7-9-12-15/h5,7-9,11-12,16,18H,1,6,10,13-14H2,2-4H3. The highest BCUT2D eigenvalue weighted by Crippen LogP contribution is 2.18. The highest BCUT2D eigenvalue weighted by Gasteiger charge is 2.16. The molecular formula is C17H27NO. The van der Waals surface area contributed by atoms with Crippen molar-refractivity contribution < 1.29 is 4.74 Å². The van der Waals surface area contributed by atoms with E-state index in [1.807, 2.05) is 12.1 Å². The fourth-order valence-electron chi connectivity index (χ4n) is 1.79. The molecule has 0 fully saturated rings. The second-order valence-electron chi connectivity index (χ2n) is 5.83. The fourth-order valence-corrected chi connectivity index (χ4v) is 1.79. The average Bonchev–Trinajstić information content (AvgIpc) is 2.38. The molecule has 1 N–H and O–H groups in total. The van der Waals surface area contributed by atoms with E-state index in [4.69, 9.17) is 4.74 Å². The minimum Gasteiger partial charge on any atom is -0.372 e. The Hall–Kier alpha value is -1.12. The Morgan fingerprint density at radius 2 is 1.95 bits per heavy atom. The van der Waals surface area contributed by atoms with Crippen LogP contribution >= 0.6 is 0 Å². The van der Waals surface area contributed by atoms with Crippen molar-refractivity contribution in [3.63, 3.8) is 0 Å². The largest absolute Gasteiger partial charge is 0.372 e. The number of hydrogen-bond acceptors (Lipinski definition) is 2. The summed E-state index contributed by atoms with van der Waals surface area (Å²) in [6, 6.07) is 10.4. The van der Waals surface area contributed by atoms with E-state index in [9.17, 15) is 0 Å². The number of unbranched alkanes of at least 4 members (excludes halogenated alkanes) is 1. The van der Waals surface area contributed by atoms with Crippen LogP contribution in [0.3, 0.4) is 0 Å². The molecule has 0 amide bonds. The lowest BCUT2D eigenvalue weighted by atomic mass is 10.1. The third-order valence-corrected chi connectivity index (χ3v) is 2.86. The van der Waals surface area contributed by atoms with E-state index in [1.165, 1.54) is 5.56 Å². The summed E-state index contributed by atoms with van der Waals surface area (Å²) in [5, 5.41) is 3.52. The molecule has 0 saturated carbocycles. The van der Waals surface area contributed by atoms with Gasteiger partial charge in [-0.15, -0.1) is 6.58 Å². The third-order valence-electron chi connectivity index (χ3n) is 2.86. The Morgan fingerprint density at radius 3 is 2.53 bits per heavy atom. The Balaban J connectivity index is 2.55. The number of allylic oxidation sites excluding steroid dienone is 1. The van der Waals surface area contributed by atoms with Gasteiger partial charge in [-0.25, -0.2) is 0 Å². The maximum Gasteiger partial charge on any atom is 0.0949 e. The van der Waals surface area contributed by atoms with Crippen molar-refractivity contribution in [2.45, 2.75) is 45.3 Å². The summed E-state index contributed by atoms with van der Waals surface area (Å²) < 4.78 is 6.02. The maximum absolute atomic E-state index is 6.02. The molecule has 2 heteroatoms. The molecular weight excluding hydrogens is 234 g/mol. The van der Waals surface area contributed by atoms with Crippen molar-refractivity contribution >= 4 is 0 Å². The lowest BCUT2D eigenvalue weighted by Crippen LogP contribution is -2.39. The Morgan fingerprint density at radius 1 is 1.26 bits per heavy atom. The van der Waals surface area contributed by atoms with Gasteiger partial charge in [0.05, 0.1) is 6.10 Å². The molecule has 0 bridgehead atoms. The van der Waals surface area contributed by atoms with E-state index in [0.29, 0.717) is 0 Å². The summed E-state index contributed by atoms with van der Waals surface area (Å²) in [7, 11) is 0. The highest BCUT2D eigenvalue weighted by atomic mass is 16.5. The summed E-state index contributed by atoms with van der Waals surface area (Å²) in [5.74, 6) is 0. The van der Waals surface area contributed by atoms with Gasteiger partial charge in [-0.1, -0.05) is 36.4 Å². The van der Waals surface area contributed by atoms with Gasteiger partial charge in [-0.3, -0.25) is 0 Å². The lowest BCUT2D eigenvalue weighted by molar-refractivity contribution is 0.0471. The zero-order chi connectivity index (χ0) is 14.1. The summed E-state index contributed by atoms with van der Waals surface area (Å²) in [6.07, 6.45) is 4.09. The van der Waals surface area contributed by atoms with Crippen molar-refractivity contribution in [1.29, 1.82) is 0 Å². The number of rotatable bonds is 8. The topological polar surface area (TPSA) is 21.3 Å². The molecule has 0 aliphatic heterocycles. The van der Waals surface area contributed by atoms with E-state index >= 15 is 0 Å². The van der Waals surface area contributed by atoms with Crippen LogP contribution in [0.15, 0.2) is 43.0 Å². The molecule has 2 nitrogen and oxygen atoms in total. The maximum atomic E-state index is 6.02. The summed E-state index contributed by atoms with van der Waals surface area (Å²) in [5.41, 5.74) is 1.34. The molecule has 0 spiro atoms. The van der Waals surface area contributed by atoms with Crippen LogP contribution in [0.25, 0.3) is 0 Å². The minimum atomic E-state index is 0.109. The van der Waals surface area contributed by atoms with Gasteiger partial charge in [0.15, 0.2) is 0 Å². The molecule has 0 saturated heterocycles. The van der Waals surface area contributed by atoms with Crippen molar-refractivity contribution in [1.82, 2.24) is 5.32 Å². The summed E-state index contributed by atoms with van der Waals surface area (Å²) in [4.78, 5) is 0. The zero-order valence-electron chi connectivity index (χ0n) is 12.5. The van der Waals surface area contributed by atoms with Gasteiger partial charge in [0.1, 0.15) is 0 Å². The molecule has 1 unspecified atom stereocenters. The predicted molar refractivity (Wildman–Crippen MR) is 82.3 cm³/mol. The monoisotopic (exact) mass is 261 g/mol. The molecule has 0 radical (unpaired) electrons. The van der Waals surface area contributed by atoms with Crippen LogP contribution < -0.4 is 5.32 Å². The molecule has 0 aromatic heterocycles. The number of benzene rings is 1. The van der Waals surface area contributed by atoms with E-state index in [1.54, 1.807) is 0 Å². The second kappa shape index (κ2) is 8.13. The van der Waals surface area contributed by atoms with Crippen molar-refractivity contribution in [3.8, 4) is 0 Å². The van der Waals surface area contributed by atoms with E-state index < -0.39 is 0 Å². The first kappa shape index (κ1) is 15.9. The van der Waals surface area contributed by atoms with E-state index in [0.717, 1.165) is 26.0 Å². The second-order valence-corrected chi connectivity index (χ2v) is 5.83. The van der Waals surface area contributed by atoms with Gasteiger partial charge in [-0.05, 0) is 39.2 Å². The highest BCUT2D eigenvalue weighted by molar-refractivity contribution is 5.18. The van der Waals surface area contributed by atoms with Crippen LogP contribution in [0.2, 0.25) is 0 Å². The van der Waals surface area contributed by atoms with Gasteiger partial charge in [-0.2, -0.15) is 0 Å². The summed E-state index contributed by atoms with van der Waals surface area (Å²) in [6.45, 7) is 11.9. The predicted octanol–water partition coefficient (Wildman–Crippen LogP) is 4.10. The molecule has 1 rings (SSSR count).